The predicted molar refractivity (Wildman–Crippen MR) is 63.2 cm³/mol. The third kappa shape index (κ3) is 3.19. The summed E-state index contributed by atoms with van der Waals surface area (Å²) >= 11 is 3.28. The monoisotopic (exact) mass is 288 g/mol. The molecule has 0 spiro atoms. The van der Waals surface area contributed by atoms with Crippen molar-refractivity contribution in [3.8, 4) is 5.75 Å². The topological polar surface area (TPSA) is 18.5 Å². The van der Waals surface area contributed by atoms with E-state index < -0.39 is 0 Å². The van der Waals surface area contributed by atoms with Crippen molar-refractivity contribution in [2.45, 2.75) is 25.4 Å². The van der Waals surface area contributed by atoms with Gasteiger partial charge in [-0.3, -0.25) is 0 Å². The summed E-state index contributed by atoms with van der Waals surface area (Å²) in [5.74, 6) is -0.0532. The molecular formula is C12H14BrFO2. The molecule has 1 unspecified atom stereocenters. The zero-order valence-corrected chi connectivity index (χ0v) is 10.5. The highest BCUT2D eigenvalue weighted by atomic mass is 79.9. The van der Waals surface area contributed by atoms with E-state index in [1.54, 1.807) is 12.1 Å². The molecule has 88 valence electrons. The van der Waals surface area contributed by atoms with Gasteiger partial charge in [0.15, 0.2) is 11.6 Å². The van der Waals surface area contributed by atoms with Crippen LogP contribution in [0.5, 0.6) is 5.75 Å². The van der Waals surface area contributed by atoms with Crippen LogP contribution in [0.25, 0.3) is 0 Å². The summed E-state index contributed by atoms with van der Waals surface area (Å²) in [6, 6.07) is 4.68. The van der Waals surface area contributed by atoms with Crippen LogP contribution in [0.15, 0.2) is 22.7 Å². The second-order valence-electron chi connectivity index (χ2n) is 3.87. The largest absolute Gasteiger partial charge is 0.488 e. The van der Waals surface area contributed by atoms with Gasteiger partial charge < -0.3 is 9.47 Å². The number of halogens is 2. The Labute approximate surface area is 103 Å². The van der Waals surface area contributed by atoms with Crippen LogP contribution in [0.2, 0.25) is 0 Å². The summed E-state index contributed by atoms with van der Waals surface area (Å²) < 4.78 is 25.1. The van der Waals surface area contributed by atoms with Gasteiger partial charge in [0.25, 0.3) is 0 Å². The van der Waals surface area contributed by atoms with Crippen LogP contribution in [0, 0.1) is 5.82 Å². The highest BCUT2D eigenvalue weighted by Gasteiger charge is 2.15. The predicted octanol–water partition coefficient (Wildman–Crippen LogP) is 3.54. The first kappa shape index (κ1) is 11.9. The normalized spacial score (nSPS) is 20.8. The molecule has 0 aliphatic carbocycles. The van der Waals surface area contributed by atoms with E-state index in [1.807, 2.05) is 0 Å². The van der Waals surface area contributed by atoms with Crippen LogP contribution in [0.3, 0.4) is 0 Å². The minimum Gasteiger partial charge on any atom is -0.488 e. The van der Waals surface area contributed by atoms with Crippen LogP contribution < -0.4 is 4.74 Å². The first-order valence-electron chi connectivity index (χ1n) is 5.45. The molecule has 0 bridgehead atoms. The number of hydrogen-bond donors (Lipinski definition) is 0. The molecule has 1 saturated heterocycles. The van der Waals surface area contributed by atoms with E-state index in [1.165, 1.54) is 6.07 Å². The number of hydrogen-bond acceptors (Lipinski definition) is 2. The second kappa shape index (κ2) is 5.64. The van der Waals surface area contributed by atoms with Crippen LogP contribution in [-0.2, 0) is 4.74 Å². The Morgan fingerprint density at radius 2 is 2.31 bits per heavy atom. The van der Waals surface area contributed by atoms with Crippen molar-refractivity contribution >= 4 is 15.9 Å². The number of benzene rings is 1. The minimum atomic E-state index is -0.334. The standard InChI is InChI=1S/C12H14BrFO2/c13-9-4-5-11(14)12(7-9)16-8-10-3-1-2-6-15-10/h4-5,7,10H,1-3,6,8H2. The smallest absolute Gasteiger partial charge is 0.165 e. The van der Waals surface area contributed by atoms with Crippen molar-refractivity contribution in [3.63, 3.8) is 0 Å². The van der Waals surface area contributed by atoms with Gasteiger partial charge in [-0.05, 0) is 37.5 Å². The Balaban J connectivity index is 1.90. The fraction of sp³-hybridized carbons (Fsp3) is 0.500. The Kier molecular flexibility index (Phi) is 4.18. The molecule has 1 aromatic rings. The SMILES string of the molecule is Fc1ccc(Br)cc1OCC1CCCCO1. The summed E-state index contributed by atoms with van der Waals surface area (Å²) in [5.41, 5.74) is 0. The lowest BCUT2D eigenvalue weighted by molar-refractivity contribution is -0.0117. The van der Waals surface area contributed by atoms with Gasteiger partial charge >= 0.3 is 0 Å². The number of ether oxygens (including phenoxy) is 2. The Bertz CT molecular complexity index is 351. The molecule has 1 aliphatic rings. The van der Waals surface area contributed by atoms with Crippen molar-refractivity contribution in [3.05, 3.63) is 28.5 Å². The maximum atomic E-state index is 13.3. The molecule has 1 heterocycles. The minimum absolute atomic E-state index is 0.104. The molecule has 16 heavy (non-hydrogen) atoms. The molecule has 1 aliphatic heterocycles. The summed E-state index contributed by atoms with van der Waals surface area (Å²) in [4.78, 5) is 0. The van der Waals surface area contributed by atoms with Gasteiger partial charge in [-0.2, -0.15) is 0 Å². The third-order valence-corrected chi connectivity index (χ3v) is 3.09. The van der Waals surface area contributed by atoms with E-state index in [0.717, 1.165) is 30.3 Å². The van der Waals surface area contributed by atoms with Gasteiger partial charge in [0, 0.05) is 11.1 Å². The fourth-order valence-corrected chi connectivity index (χ4v) is 2.05. The lowest BCUT2D eigenvalue weighted by atomic mass is 10.1. The van der Waals surface area contributed by atoms with Gasteiger partial charge in [-0.1, -0.05) is 15.9 Å². The fourth-order valence-electron chi connectivity index (χ4n) is 1.71. The van der Waals surface area contributed by atoms with Crippen molar-refractivity contribution in [1.82, 2.24) is 0 Å². The van der Waals surface area contributed by atoms with E-state index in [-0.39, 0.29) is 17.7 Å². The molecule has 2 rings (SSSR count). The molecule has 2 nitrogen and oxygen atoms in total. The highest BCUT2D eigenvalue weighted by Crippen LogP contribution is 2.23. The van der Waals surface area contributed by atoms with E-state index >= 15 is 0 Å². The van der Waals surface area contributed by atoms with Crippen molar-refractivity contribution in [1.29, 1.82) is 0 Å². The maximum absolute atomic E-state index is 13.3. The van der Waals surface area contributed by atoms with Crippen LogP contribution in [-0.4, -0.2) is 19.3 Å². The molecule has 0 amide bonds. The van der Waals surface area contributed by atoms with E-state index in [2.05, 4.69) is 15.9 Å². The van der Waals surface area contributed by atoms with E-state index in [0.29, 0.717) is 6.61 Å². The first-order valence-corrected chi connectivity index (χ1v) is 6.24. The van der Waals surface area contributed by atoms with Crippen molar-refractivity contribution in [2.75, 3.05) is 13.2 Å². The molecular weight excluding hydrogens is 275 g/mol. The maximum Gasteiger partial charge on any atom is 0.165 e. The molecule has 0 saturated carbocycles. The average Bonchev–Trinajstić information content (AvgIpc) is 2.32. The Hall–Kier alpha value is -0.610. The van der Waals surface area contributed by atoms with Crippen LogP contribution in [0.1, 0.15) is 19.3 Å². The summed E-state index contributed by atoms with van der Waals surface area (Å²) in [7, 11) is 0. The summed E-state index contributed by atoms with van der Waals surface area (Å²) in [6.07, 6.45) is 3.37. The van der Waals surface area contributed by atoms with Gasteiger partial charge in [-0.25, -0.2) is 4.39 Å². The van der Waals surface area contributed by atoms with Crippen LogP contribution >= 0.6 is 15.9 Å². The Morgan fingerprint density at radius 3 is 3.06 bits per heavy atom. The average molecular weight is 289 g/mol. The zero-order valence-electron chi connectivity index (χ0n) is 8.92. The van der Waals surface area contributed by atoms with Crippen molar-refractivity contribution in [2.24, 2.45) is 0 Å². The molecule has 0 N–H and O–H groups in total. The molecule has 1 aromatic carbocycles. The van der Waals surface area contributed by atoms with Crippen molar-refractivity contribution < 1.29 is 13.9 Å². The van der Waals surface area contributed by atoms with Gasteiger partial charge in [-0.15, -0.1) is 0 Å². The van der Waals surface area contributed by atoms with E-state index in [9.17, 15) is 4.39 Å². The molecule has 0 radical (unpaired) electrons. The quantitative estimate of drug-likeness (QED) is 0.847. The second-order valence-corrected chi connectivity index (χ2v) is 4.79. The van der Waals surface area contributed by atoms with E-state index in [4.69, 9.17) is 9.47 Å². The summed E-state index contributed by atoms with van der Waals surface area (Å²) in [6.45, 7) is 1.21. The lowest BCUT2D eigenvalue weighted by Gasteiger charge is -2.22. The third-order valence-electron chi connectivity index (χ3n) is 2.59. The molecule has 4 heteroatoms. The molecule has 0 aromatic heterocycles. The molecule has 1 fully saturated rings. The van der Waals surface area contributed by atoms with Crippen LogP contribution in [0.4, 0.5) is 4.39 Å². The Morgan fingerprint density at radius 1 is 1.44 bits per heavy atom. The van der Waals surface area contributed by atoms with Gasteiger partial charge in [0.1, 0.15) is 6.61 Å². The first-order chi connectivity index (χ1) is 7.75. The zero-order chi connectivity index (χ0) is 11.4. The number of rotatable bonds is 3. The summed E-state index contributed by atoms with van der Waals surface area (Å²) in [5, 5.41) is 0. The highest BCUT2D eigenvalue weighted by molar-refractivity contribution is 9.10. The lowest BCUT2D eigenvalue weighted by Crippen LogP contribution is -2.25. The van der Waals surface area contributed by atoms with Gasteiger partial charge in [0.2, 0.25) is 0 Å². The van der Waals surface area contributed by atoms with Gasteiger partial charge in [0.05, 0.1) is 6.10 Å². The molecule has 1 atom stereocenters.